The molecule has 148 valence electrons. The Morgan fingerprint density at radius 2 is 1.68 bits per heavy atom. The molecule has 0 fully saturated rings. The minimum atomic E-state index is -3.69. The quantitative estimate of drug-likeness (QED) is 0.514. The van der Waals surface area contributed by atoms with Crippen LogP contribution in [0.1, 0.15) is 11.3 Å². The van der Waals surface area contributed by atoms with Gasteiger partial charge in [0.2, 0.25) is 0 Å². The summed E-state index contributed by atoms with van der Waals surface area (Å²) in [4.78, 5) is 2.38. The summed E-state index contributed by atoms with van der Waals surface area (Å²) >= 11 is 0. The fraction of sp³-hybridized carbons (Fsp3) is 0.333. The van der Waals surface area contributed by atoms with Crippen LogP contribution in [0.3, 0.4) is 0 Å². The number of rotatable bonds is 5. The predicted molar refractivity (Wildman–Crippen MR) is 110 cm³/mol. The zero-order valence-corrected chi connectivity index (χ0v) is 17.6. The second-order valence-electron chi connectivity index (χ2n) is 7.32. The summed E-state index contributed by atoms with van der Waals surface area (Å²) < 4.78 is 39.4. The van der Waals surface area contributed by atoms with E-state index in [0.29, 0.717) is 22.6 Å². The normalized spacial score (nSPS) is 14.4. The van der Waals surface area contributed by atoms with E-state index in [-0.39, 0.29) is 4.90 Å². The van der Waals surface area contributed by atoms with Gasteiger partial charge in [0.25, 0.3) is 10.0 Å². The lowest BCUT2D eigenvalue weighted by Crippen LogP contribution is -2.19. The standard InChI is InChI=1S/C21H24N2O4S/c1-13-16(8-9-22(2)3)18-11-15(27-5)12-19-17-10-14(26-4)6-7-20(17)28(24,25)23(13)21(18)19/h6-7,10-12H,8-9H2,1-5H3. The van der Waals surface area contributed by atoms with Crippen molar-refractivity contribution in [3.05, 3.63) is 41.6 Å². The summed E-state index contributed by atoms with van der Waals surface area (Å²) in [7, 11) is 3.53. The Bertz CT molecular complexity index is 1190. The molecule has 0 saturated heterocycles. The van der Waals surface area contributed by atoms with Crippen molar-refractivity contribution in [3.8, 4) is 22.6 Å². The summed E-state index contributed by atoms with van der Waals surface area (Å²) in [5.41, 5.74) is 4.00. The number of aromatic nitrogens is 1. The largest absolute Gasteiger partial charge is 0.497 e. The van der Waals surface area contributed by atoms with Gasteiger partial charge in [-0.15, -0.1) is 0 Å². The lowest BCUT2D eigenvalue weighted by atomic mass is 9.99. The molecule has 0 spiro atoms. The van der Waals surface area contributed by atoms with Crippen molar-refractivity contribution in [1.82, 2.24) is 8.87 Å². The van der Waals surface area contributed by atoms with Gasteiger partial charge in [-0.1, -0.05) is 0 Å². The number of benzene rings is 2. The molecule has 0 N–H and O–H groups in total. The molecular formula is C21H24N2O4S. The van der Waals surface area contributed by atoms with E-state index in [1.165, 1.54) is 3.97 Å². The third-order valence-corrected chi connectivity index (χ3v) is 7.24. The van der Waals surface area contributed by atoms with Crippen LogP contribution < -0.4 is 9.47 Å². The molecule has 0 unspecified atom stereocenters. The van der Waals surface area contributed by atoms with Crippen LogP contribution in [0, 0.1) is 6.92 Å². The van der Waals surface area contributed by atoms with Crippen molar-refractivity contribution in [1.29, 1.82) is 0 Å². The maximum Gasteiger partial charge on any atom is 0.269 e. The van der Waals surface area contributed by atoms with Crippen molar-refractivity contribution in [2.45, 2.75) is 18.2 Å². The maximum atomic E-state index is 13.5. The average Bonchev–Trinajstić information content (AvgIpc) is 2.96. The molecule has 3 aromatic rings. The first-order valence-corrected chi connectivity index (χ1v) is 10.5. The van der Waals surface area contributed by atoms with Crippen LogP contribution in [0.15, 0.2) is 35.2 Å². The molecule has 1 aromatic heterocycles. The van der Waals surface area contributed by atoms with Crippen molar-refractivity contribution in [2.24, 2.45) is 0 Å². The molecule has 0 radical (unpaired) electrons. The highest BCUT2D eigenvalue weighted by Gasteiger charge is 2.34. The monoisotopic (exact) mass is 400 g/mol. The zero-order chi connectivity index (χ0) is 20.2. The van der Waals surface area contributed by atoms with E-state index in [9.17, 15) is 8.42 Å². The third kappa shape index (κ3) is 2.61. The Morgan fingerprint density at radius 1 is 1.00 bits per heavy atom. The van der Waals surface area contributed by atoms with Crippen molar-refractivity contribution >= 4 is 20.9 Å². The van der Waals surface area contributed by atoms with E-state index in [1.807, 2.05) is 33.2 Å². The first kappa shape index (κ1) is 18.8. The van der Waals surface area contributed by atoms with Crippen LogP contribution in [0.4, 0.5) is 0 Å². The van der Waals surface area contributed by atoms with E-state index in [2.05, 4.69) is 4.90 Å². The molecule has 0 bridgehead atoms. The highest BCUT2D eigenvalue weighted by Crippen LogP contribution is 2.46. The average molecular weight is 401 g/mol. The maximum absolute atomic E-state index is 13.5. The van der Waals surface area contributed by atoms with Gasteiger partial charge in [-0.25, -0.2) is 12.4 Å². The van der Waals surface area contributed by atoms with Crippen LogP contribution >= 0.6 is 0 Å². The number of hydrogen-bond donors (Lipinski definition) is 0. The number of hydrogen-bond acceptors (Lipinski definition) is 5. The Labute approximate surface area is 165 Å². The first-order chi connectivity index (χ1) is 13.3. The number of fused-ring (bicyclic) bond motifs is 2. The van der Waals surface area contributed by atoms with E-state index < -0.39 is 10.0 Å². The molecule has 2 aromatic carbocycles. The van der Waals surface area contributed by atoms with E-state index >= 15 is 0 Å². The molecular weight excluding hydrogens is 376 g/mol. The van der Waals surface area contributed by atoms with E-state index in [4.69, 9.17) is 9.47 Å². The molecule has 6 nitrogen and oxygen atoms in total. The van der Waals surface area contributed by atoms with Crippen molar-refractivity contribution < 1.29 is 17.9 Å². The van der Waals surface area contributed by atoms with Crippen molar-refractivity contribution in [3.63, 3.8) is 0 Å². The topological polar surface area (TPSA) is 60.8 Å². The van der Waals surface area contributed by atoms with Gasteiger partial charge in [0.05, 0.1) is 24.6 Å². The summed E-state index contributed by atoms with van der Waals surface area (Å²) in [5.74, 6) is 1.33. The Kier molecular flexibility index (Phi) is 4.39. The SMILES string of the molecule is COc1ccc2c(c1)-c1cc(OC)cc3c(CCN(C)C)c(C)n(c13)S2(=O)=O. The van der Waals surface area contributed by atoms with Gasteiger partial charge in [0.1, 0.15) is 11.5 Å². The Balaban J connectivity index is 2.13. The van der Waals surface area contributed by atoms with E-state index in [1.54, 1.807) is 32.4 Å². The van der Waals surface area contributed by atoms with Gasteiger partial charge in [0.15, 0.2) is 0 Å². The van der Waals surface area contributed by atoms with Crippen molar-refractivity contribution in [2.75, 3.05) is 34.9 Å². The molecule has 0 atom stereocenters. The minimum absolute atomic E-state index is 0.285. The lowest BCUT2D eigenvalue weighted by molar-refractivity contribution is 0.413. The third-order valence-electron chi connectivity index (χ3n) is 5.39. The predicted octanol–water partition coefficient (Wildman–Crippen LogP) is 3.29. The van der Waals surface area contributed by atoms with Gasteiger partial charge in [0, 0.05) is 28.8 Å². The number of methoxy groups -OCH3 is 2. The molecule has 1 aliphatic rings. The lowest BCUT2D eigenvalue weighted by Gasteiger charge is -2.22. The number of likely N-dealkylation sites (N-methyl/N-ethyl adjacent to an activating group) is 1. The second-order valence-corrected chi connectivity index (χ2v) is 9.08. The summed E-state index contributed by atoms with van der Waals surface area (Å²) in [5, 5.41) is 0.922. The van der Waals surface area contributed by atoms with Gasteiger partial charge in [-0.3, -0.25) is 0 Å². The van der Waals surface area contributed by atoms with Crippen LogP contribution in [0.2, 0.25) is 0 Å². The molecule has 2 heterocycles. The summed E-state index contributed by atoms with van der Waals surface area (Å²) in [6, 6.07) is 8.93. The molecule has 4 rings (SSSR count). The van der Waals surface area contributed by atoms with Gasteiger partial charge >= 0.3 is 0 Å². The smallest absolute Gasteiger partial charge is 0.269 e. The number of nitrogens with zero attached hydrogens (tertiary/aromatic N) is 2. The highest BCUT2D eigenvalue weighted by atomic mass is 32.2. The van der Waals surface area contributed by atoms with Crippen LogP contribution in [-0.4, -0.2) is 52.1 Å². The fourth-order valence-electron chi connectivity index (χ4n) is 3.99. The molecule has 0 aliphatic carbocycles. The van der Waals surface area contributed by atoms with Crippen LogP contribution in [0.25, 0.3) is 22.0 Å². The summed E-state index contributed by atoms with van der Waals surface area (Å²) in [6.07, 6.45) is 0.754. The highest BCUT2D eigenvalue weighted by molar-refractivity contribution is 7.90. The molecule has 0 saturated carbocycles. The minimum Gasteiger partial charge on any atom is -0.497 e. The summed E-state index contributed by atoms with van der Waals surface area (Å²) in [6.45, 7) is 2.71. The zero-order valence-electron chi connectivity index (χ0n) is 16.7. The molecule has 7 heteroatoms. The number of ether oxygens (including phenoxy) is 2. The Hall–Kier alpha value is -2.51. The van der Waals surface area contributed by atoms with Crippen LogP contribution in [-0.2, 0) is 16.4 Å². The molecule has 0 amide bonds. The van der Waals surface area contributed by atoms with Gasteiger partial charge in [-0.2, -0.15) is 0 Å². The molecule has 1 aliphatic heterocycles. The van der Waals surface area contributed by atoms with Gasteiger partial charge in [-0.05, 0) is 63.3 Å². The second kappa shape index (κ2) is 6.53. The Morgan fingerprint density at radius 3 is 2.32 bits per heavy atom. The fourth-order valence-corrected chi connectivity index (χ4v) is 5.78. The van der Waals surface area contributed by atoms with Gasteiger partial charge < -0.3 is 14.4 Å². The van der Waals surface area contributed by atoms with Crippen LogP contribution in [0.5, 0.6) is 11.5 Å². The van der Waals surface area contributed by atoms with E-state index in [0.717, 1.165) is 35.2 Å². The first-order valence-electron chi connectivity index (χ1n) is 9.10. The molecule has 28 heavy (non-hydrogen) atoms.